The van der Waals surface area contributed by atoms with E-state index in [0.29, 0.717) is 31.3 Å². The van der Waals surface area contributed by atoms with E-state index in [1.807, 2.05) is 6.92 Å². The Hall–Kier alpha value is -0.860. The van der Waals surface area contributed by atoms with Gasteiger partial charge in [-0.15, -0.1) is 0 Å². The van der Waals surface area contributed by atoms with Crippen molar-refractivity contribution in [3.63, 3.8) is 0 Å². The van der Waals surface area contributed by atoms with Gasteiger partial charge in [-0.05, 0) is 94.8 Å². The fraction of sp³-hybridized carbons (Fsp3) is 0.923. The third kappa shape index (κ3) is 5.44. The fourth-order valence-corrected chi connectivity index (χ4v) is 6.62. The molecule has 0 unspecified atom stereocenters. The molecule has 0 N–H and O–H groups in total. The Balaban J connectivity index is 1.42. The van der Waals surface area contributed by atoms with Gasteiger partial charge < -0.3 is 4.74 Å². The van der Waals surface area contributed by atoms with Crippen LogP contribution in [0.4, 0.5) is 0 Å². The molecule has 3 aliphatic carbocycles. The molecule has 0 aromatic heterocycles. The van der Waals surface area contributed by atoms with E-state index in [1.165, 1.54) is 70.6 Å². The summed E-state index contributed by atoms with van der Waals surface area (Å²) in [5.74, 6) is 3.92. The van der Waals surface area contributed by atoms with Crippen LogP contribution < -0.4 is 0 Å². The second-order valence-electron chi connectivity index (χ2n) is 10.6. The summed E-state index contributed by atoms with van der Waals surface area (Å²) < 4.78 is 5.19. The van der Waals surface area contributed by atoms with Gasteiger partial charge in [0.1, 0.15) is 11.2 Å². The lowest BCUT2D eigenvalue weighted by Gasteiger charge is -2.42. The summed E-state index contributed by atoms with van der Waals surface area (Å²) in [5.41, 5.74) is -0.889. The van der Waals surface area contributed by atoms with Gasteiger partial charge in [0, 0.05) is 6.42 Å². The van der Waals surface area contributed by atoms with Crippen LogP contribution in [0.2, 0.25) is 0 Å². The number of hydrogen-bond acceptors (Lipinski definition) is 3. The zero-order valence-electron chi connectivity index (χ0n) is 19.2. The Labute approximate surface area is 178 Å². The van der Waals surface area contributed by atoms with Crippen molar-refractivity contribution in [2.75, 3.05) is 6.61 Å². The molecule has 29 heavy (non-hydrogen) atoms. The summed E-state index contributed by atoms with van der Waals surface area (Å²) >= 11 is 0. The molecule has 0 aromatic rings. The van der Waals surface area contributed by atoms with E-state index >= 15 is 0 Å². The number of carbonyl (C=O) groups excluding carboxylic acids is 2. The van der Waals surface area contributed by atoms with Gasteiger partial charge in [0.05, 0.1) is 6.61 Å². The molecule has 3 aliphatic rings. The van der Waals surface area contributed by atoms with Gasteiger partial charge in [0.15, 0.2) is 0 Å². The molecule has 0 bridgehead atoms. The second kappa shape index (κ2) is 10.4. The Morgan fingerprint density at radius 1 is 0.897 bits per heavy atom. The first kappa shape index (κ1) is 22.8. The summed E-state index contributed by atoms with van der Waals surface area (Å²) in [6.45, 7) is 6.28. The zero-order chi connectivity index (χ0) is 20.9. The van der Waals surface area contributed by atoms with Gasteiger partial charge in [-0.1, -0.05) is 39.0 Å². The molecule has 0 saturated heterocycles. The summed E-state index contributed by atoms with van der Waals surface area (Å²) in [4.78, 5) is 25.1. The topological polar surface area (TPSA) is 43.4 Å². The molecule has 3 fully saturated rings. The molecule has 2 atom stereocenters. The Bertz CT molecular complexity index is 540. The standard InChI is InChI=1S/C26H44O3/c1-4-6-7-19-8-10-20(11-9-19)21-12-14-22(15-13-21)23-16-17-26(3,24(27)18-23)25(28)29-5-2/h19-23H,4-18H2,1-3H3/t19-,20-,21?,22?,23-,26+/m1/s1. The molecule has 0 spiro atoms. The molecule has 0 radical (unpaired) electrons. The number of hydrogen-bond donors (Lipinski definition) is 0. The van der Waals surface area contributed by atoms with Crippen LogP contribution in [0.1, 0.15) is 111 Å². The summed E-state index contributed by atoms with van der Waals surface area (Å²) in [5, 5.41) is 0. The van der Waals surface area contributed by atoms with Crippen molar-refractivity contribution >= 4 is 11.8 Å². The number of unbranched alkanes of at least 4 members (excludes halogenated alkanes) is 1. The van der Waals surface area contributed by atoms with Crippen LogP contribution in [0.3, 0.4) is 0 Å². The van der Waals surface area contributed by atoms with E-state index in [0.717, 1.165) is 24.2 Å². The average Bonchev–Trinajstić information content (AvgIpc) is 2.75. The third-order valence-electron chi connectivity index (χ3n) is 8.81. The largest absolute Gasteiger partial charge is 0.465 e. The summed E-state index contributed by atoms with van der Waals surface area (Å²) in [6.07, 6.45) is 17.7. The van der Waals surface area contributed by atoms with E-state index < -0.39 is 5.41 Å². The minimum atomic E-state index is -0.889. The van der Waals surface area contributed by atoms with Crippen molar-refractivity contribution in [1.82, 2.24) is 0 Å². The van der Waals surface area contributed by atoms with Gasteiger partial charge in [0.2, 0.25) is 0 Å². The lowest BCUT2D eigenvalue weighted by Crippen LogP contribution is -2.44. The van der Waals surface area contributed by atoms with Crippen LogP contribution in [-0.4, -0.2) is 18.4 Å². The van der Waals surface area contributed by atoms with Crippen LogP contribution in [0.15, 0.2) is 0 Å². The average molecular weight is 405 g/mol. The Kier molecular flexibility index (Phi) is 8.22. The van der Waals surface area contributed by atoms with Crippen molar-refractivity contribution in [2.45, 2.75) is 111 Å². The molecule has 0 heterocycles. The number of rotatable bonds is 7. The van der Waals surface area contributed by atoms with E-state index in [1.54, 1.807) is 6.92 Å². The molecule has 3 heteroatoms. The lowest BCUT2D eigenvalue weighted by atomic mass is 9.62. The third-order valence-corrected chi connectivity index (χ3v) is 8.81. The highest BCUT2D eigenvalue weighted by Crippen LogP contribution is 2.47. The molecule has 0 aromatic carbocycles. The molecule has 0 amide bonds. The van der Waals surface area contributed by atoms with E-state index in [9.17, 15) is 9.59 Å². The van der Waals surface area contributed by atoms with Crippen molar-refractivity contribution < 1.29 is 14.3 Å². The quantitative estimate of drug-likeness (QED) is 0.349. The highest BCUT2D eigenvalue weighted by Gasteiger charge is 2.47. The highest BCUT2D eigenvalue weighted by molar-refractivity contribution is 6.03. The smallest absolute Gasteiger partial charge is 0.319 e. The first-order valence-electron chi connectivity index (χ1n) is 12.7. The van der Waals surface area contributed by atoms with Crippen LogP contribution in [0, 0.1) is 35.0 Å². The molecule has 0 aliphatic heterocycles. The van der Waals surface area contributed by atoms with Crippen molar-refractivity contribution in [1.29, 1.82) is 0 Å². The van der Waals surface area contributed by atoms with Gasteiger partial charge in [-0.25, -0.2) is 0 Å². The normalized spacial score (nSPS) is 38.6. The number of carbonyl (C=O) groups is 2. The number of esters is 1. The predicted molar refractivity (Wildman–Crippen MR) is 118 cm³/mol. The molecule has 166 valence electrons. The molecule has 3 rings (SSSR count). The predicted octanol–water partition coefficient (Wildman–Crippen LogP) is 6.73. The van der Waals surface area contributed by atoms with Crippen LogP contribution in [0.5, 0.6) is 0 Å². The fourth-order valence-electron chi connectivity index (χ4n) is 6.62. The van der Waals surface area contributed by atoms with Crippen molar-refractivity contribution in [2.24, 2.45) is 35.0 Å². The molecule has 3 nitrogen and oxygen atoms in total. The van der Waals surface area contributed by atoms with Gasteiger partial charge in [-0.2, -0.15) is 0 Å². The van der Waals surface area contributed by atoms with Crippen molar-refractivity contribution in [3.05, 3.63) is 0 Å². The van der Waals surface area contributed by atoms with Crippen LogP contribution >= 0.6 is 0 Å². The second-order valence-corrected chi connectivity index (χ2v) is 10.6. The van der Waals surface area contributed by atoms with E-state index in [4.69, 9.17) is 4.74 Å². The maximum Gasteiger partial charge on any atom is 0.319 e. The minimum Gasteiger partial charge on any atom is -0.465 e. The van der Waals surface area contributed by atoms with Gasteiger partial charge in [-0.3, -0.25) is 9.59 Å². The molecular weight excluding hydrogens is 360 g/mol. The Morgan fingerprint density at radius 3 is 1.97 bits per heavy atom. The van der Waals surface area contributed by atoms with Gasteiger partial charge in [0.25, 0.3) is 0 Å². The van der Waals surface area contributed by atoms with Crippen LogP contribution in [-0.2, 0) is 14.3 Å². The summed E-state index contributed by atoms with van der Waals surface area (Å²) in [7, 11) is 0. The van der Waals surface area contributed by atoms with Crippen molar-refractivity contribution in [3.8, 4) is 0 Å². The zero-order valence-corrected chi connectivity index (χ0v) is 19.2. The maximum absolute atomic E-state index is 12.8. The molecular formula is C26H44O3. The number of ketones is 1. The van der Waals surface area contributed by atoms with Crippen LogP contribution in [0.25, 0.3) is 0 Å². The highest BCUT2D eigenvalue weighted by atomic mass is 16.5. The number of Topliss-reactive ketones (excluding diaryl/α,β-unsaturated/α-hetero) is 1. The van der Waals surface area contributed by atoms with Gasteiger partial charge >= 0.3 is 5.97 Å². The first-order valence-corrected chi connectivity index (χ1v) is 12.7. The van der Waals surface area contributed by atoms with E-state index in [-0.39, 0.29) is 11.8 Å². The maximum atomic E-state index is 12.8. The monoisotopic (exact) mass is 404 g/mol. The number of ether oxygens (including phenoxy) is 1. The summed E-state index contributed by atoms with van der Waals surface area (Å²) in [6, 6.07) is 0. The lowest BCUT2D eigenvalue weighted by molar-refractivity contribution is -0.162. The molecule has 3 saturated carbocycles. The SMILES string of the molecule is CCCC[C@H]1CC[C@H](C2CCC([C@@H]3CC[C@](C)(C(=O)OCC)C(=O)C3)CC2)CC1. The van der Waals surface area contributed by atoms with E-state index in [2.05, 4.69) is 6.92 Å². The Morgan fingerprint density at radius 2 is 1.45 bits per heavy atom. The first-order chi connectivity index (χ1) is 14.0. The minimum absolute atomic E-state index is 0.125.